The summed E-state index contributed by atoms with van der Waals surface area (Å²) < 4.78 is 0. The third-order valence-corrected chi connectivity index (χ3v) is 7.42. The standard InChI is InChI=1S/C21H30ClN3OS/c1-13-18(20(26)25-16-10-8-15(22)9-11-16)19(14-6-4-3-5-7-14)17(12-23)21(24-13)27-2/h14-16,19,24H,3-11H2,1-2H3,(H,25,26). The van der Waals surface area contributed by atoms with Crippen LogP contribution in [-0.2, 0) is 4.79 Å². The summed E-state index contributed by atoms with van der Waals surface area (Å²) in [4.78, 5) is 13.3. The monoisotopic (exact) mass is 407 g/mol. The highest BCUT2D eigenvalue weighted by Crippen LogP contribution is 2.43. The maximum Gasteiger partial charge on any atom is 0.249 e. The Bertz CT molecular complexity index is 667. The van der Waals surface area contributed by atoms with Crippen molar-refractivity contribution in [2.75, 3.05) is 6.26 Å². The molecule has 1 unspecified atom stereocenters. The molecule has 2 aliphatic carbocycles. The van der Waals surface area contributed by atoms with Crippen molar-refractivity contribution in [3.63, 3.8) is 0 Å². The Labute approximate surface area is 172 Å². The van der Waals surface area contributed by atoms with Crippen LogP contribution in [0.25, 0.3) is 0 Å². The van der Waals surface area contributed by atoms with Crippen molar-refractivity contribution in [2.24, 2.45) is 11.8 Å². The molecule has 2 saturated carbocycles. The van der Waals surface area contributed by atoms with Gasteiger partial charge in [0.25, 0.3) is 0 Å². The quantitative estimate of drug-likeness (QED) is 0.655. The minimum absolute atomic E-state index is 0.00139. The van der Waals surface area contributed by atoms with Crippen LogP contribution in [0.1, 0.15) is 64.7 Å². The van der Waals surface area contributed by atoms with Gasteiger partial charge in [0.15, 0.2) is 0 Å². The second kappa shape index (κ2) is 9.39. The van der Waals surface area contributed by atoms with E-state index in [0.29, 0.717) is 5.92 Å². The van der Waals surface area contributed by atoms with Crippen molar-refractivity contribution < 1.29 is 4.79 Å². The van der Waals surface area contributed by atoms with E-state index in [1.165, 1.54) is 19.3 Å². The lowest BCUT2D eigenvalue weighted by Gasteiger charge is -2.37. The first-order chi connectivity index (χ1) is 13.0. The number of halogens is 1. The summed E-state index contributed by atoms with van der Waals surface area (Å²) in [5.41, 5.74) is 2.43. The molecule has 0 bridgehead atoms. The summed E-state index contributed by atoms with van der Waals surface area (Å²) in [5.74, 6) is 0.303. The number of nitriles is 1. The molecule has 3 aliphatic rings. The summed E-state index contributed by atoms with van der Waals surface area (Å²) in [6.45, 7) is 1.98. The molecule has 0 spiro atoms. The second-order valence-corrected chi connectivity index (χ2v) is 9.45. The van der Waals surface area contributed by atoms with E-state index in [9.17, 15) is 10.1 Å². The van der Waals surface area contributed by atoms with Gasteiger partial charge >= 0.3 is 0 Å². The van der Waals surface area contributed by atoms with E-state index in [4.69, 9.17) is 11.6 Å². The summed E-state index contributed by atoms with van der Waals surface area (Å²) in [6.07, 6.45) is 11.6. The smallest absolute Gasteiger partial charge is 0.249 e. The average molecular weight is 408 g/mol. The molecule has 3 rings (SSSR count). The van der Waals surface area contributed by atoms with Crippen LogP contribution in [0.5, 0.6) is 0 Å². The topological polar surface area (TPSA) is 64.9 Å². The molecule has 27 heavy (non-hydrogen) atoms. The minimum atomic E-state index is -0.0802. The average Bonchev–Trinajstić information content (AvgIpc) is 2.69. The lowest BCUT2D eigenvalue weighted by molar-refractivity contribution is -0.119. The Morgan fingerprint density at radius 3 is 2.44 bits per heavy atom. The molecule has 1 aliphatic heterocycles. The van der Waals surface area contributed by atoms with Crippen molar-refractivity contribution in [1.82, 2.24) is 10.6 Å². The van der Waals surface area contributed by atoms with Crippen LogP contribution in [0.2, 0.25) is 0 Å². The molecule has 4 nitrogen and oxygen atoms in total. The number of alkyl halides is 1. The largest absolute Gasteiger partial charge is 0.353 e. The number of carbonyl (C=O) groups is 1. The van der Waals surface area contributed by atoms with Crippen LogP contribution in [0.4, 0.5) is 0 Å². The molecule has 2 N–H and O–H groups in total. The molecule has 0 aromatic carbocycles. The number of thioether (sulfide) groups is 1. The van der Waals surface area contributed by atoms with Gasteiger partial charge in [-0.25, -0.2) is 0 Å². The Balaban J connectivity index is 1.85. The van der Waals surface area contributed by atoms with Crippen molar-refractivity contribution in [1.29, 1.82) is 5.26 Å². The van der Waals surface area contributed by atoms with Gasteiger partial charge in [0.1, 0.15) is 0 Å². The molecule has 2 fully saturated rings. The maximum absolute atomic E-state index is 13.3. The van der Waals surface area contributed by atoms with Crippen molar-refractivity contribution in [3.05, 3.63) is 21.9 Å². The van der Waals surface area contributed by atoms with Gasteiger partial charge in [-0.15, -0.1) is 23.4 Å². The number of dihydropyridines is 1. The number of rotatable bonds is 4. The Hall–Kier alpha value is -1.12. The van der Waals surface area contributed by atoms with Crippen molar-refractivity contribution >= 4 is 29.3 Å². The molecular weight excluding hydrogens is 378 g/mol. The lowest BCUT2D eigenvalue weighted by atomic mass is 9.71. The number of nitrogens with zero attached hydrogens (tertiary/aromatic N) is 1. The first-order valence-electron chi connectivity index (χ1n) is 10.2. The van der Waals surface area contributed by atoms with E-state index in [1.54, 1.807) is 11.8 Å². The highest BCUT2D eigenvalue weighted by Gasteiger charge is 2.39. The zero-order chi connectivity index (χ0) is 19.4. The molecule has 1 heterocycles. The maximum atomic E-state index is 13.3. The van der Waals surface area contributed by atoms with E-state index < -0.39 is 0 Å². The fourth-order valence-corrected chi connectivity index (χ4v) is 5.72. The fraction of sp³-hybridized carbons (Fsp3) is 0.714. The van der Waals surface area contributed by atoms with Gasteiger partial charge in [0.05, 0.1) is 16.7 Å². The molecule has 1 amide bonds. The number of hydrogen-bond donors (Lipinski definition) is 2. The Morgan fingerprint density at radius 2 is 1.85 bits per heavy atom. The zero-order valence-electron chi connectivity index (χ0n) is 16.3. The predicted octanol–water partition coefficient (Wildman–Crippen LogP) is 4.82. The van der Waals surface area contributed by atoms with Crippen LogP contribution in [0.15, 0.2) is 21.9 Å². The van der Waals surface area contributed by atoms with Gasteiger partial charge in [-0.3, -0.25) is 4.79 Å². The SMILES string of the molecule is CSC1=C(C#N)C(C2CCCCC2)C(C(=O)NC2CCC(Cl)CC2)=C(C)N1. The summed E-state index contributed by atoms with van der Waals surface area (Å²) in [5, 5.41) is 17.6. The van der Waals surface area contributed by atoms with Gasteiger partial charge in [0, 0.05) is 28.6 Å². The first-order valence-corrected chi connectivity index (χ1v) is 11.8. The third-order valence-electron chi connectivity index (χ3n) is 6.25. The van der Waals surface area contributed by atoms with E-state index in [-0.39, 0.29) is 23.2 Å². The molecule has 6 heteroatoms. The number of nitrogens with one attached hydrogen (secondary N) is 2. The third kappa shape index (κ3) is 4.66. The van der Waals surface area contributed by atoms with E-state index in [2.05, 4.69) is 16.7 Å². The van der Waals surface area contributed by atoms with E-state index >= 15 is 0 Å². The van der Waals surface area contributed by atoms with Gasteiger partial charge in [-0.05, 0) is 57.6 Å². The van der Waals surface area contributed by atoms with Gasteiger partial charge in [-0.1, -0.05) is 19.3 Å². The van der Waals surface area contributed by atoms with Crippen LogP contribution in [0.3, 0.4) is 0 Å². The summed E-state index contributed by atoms with van der Waals surface area (Å²) in [7, 11) is 0. The van der Waals surface area contributed by atoms with Gasteiger partial charge in [-0.2, -0.15) is 5.26 Å². The Kier molecular flexibility index (Phi) is 7.16. The minimum Gasteiger partial charge on any atom is -0.353 e. The summed E-state index contributed by atoms with van der Waals surface area (Å²) >= 11 is 7.77. The number of hydrogen-bond acceptors (Lipinski definition) is 4. The van der Waals surface area contributed by atoms with Crippen LogP contribution in [0, 0.1) is 23.2 Å². The summed E-state index contributed by atoms with van der Waals surface area (Å²) in [6, 6.07) is 2.62. The molecule has 0 saturated heterocycles. The molecule has 0 radical (unpaired) electrons. The molecular formula is C21H30ClN3OS. The normalized spacial score (nSPS) is 29.9. The predicted molar refractivity (Wildman–Crippen MR) is 112 cm³/mol. The number of amides is 1. The second-order valence-electron chi connectivity index (χ2n) is 8.02. The van der Waals surface area contributed by atoms with Crippen LogP contribution in [-0.4, -0.2) is 23.6 Å². The molecule has 0 aromatic rings. The van der Waals surface area contributed by atoms with Gasteiger partial charge in [0.2, 0.25) is 5.91 Å². The zero-order valence-corrected chi connectivity index (χ0v) is 17.9. The lowest BCUT2D eigenvalue weighted by Crippen LogP contribution is -2.43. The number of allylic oxidation sites excluding steroid dienone is 2. The fourth-order valence-electron chi connectivity index (χ4n) is 4.82. The van der Waals surface area contributed by atoms with Crippen LogP contribution < -0.4 is 10.6 Å². The van der Waals surface area contributed by atoms with Crippen LogP contribution >= 0.6 is 23.4 Å². The van der Waals surface area contributed by atoms with Gasteiger partial charge < -0.3 is 10.6 Å². The van der Waals surface area contributed by atoms with E-state index in [0.717, 1.165) is 60.4 Å². The van der Waals surface area contributed by atoms with E-state index in [1.807, 2.05) is 13.2 Å². The highest BCUT2D eigenvalue weighted by atomic mass is 35.5. The molecule has 0 aromatic heterocycles. The van der Waals surface area contributed by atoms with Crippen molar-refractivity contribution in [3.8, 4) is 6.07 Å². The Morgan fingerprint density at radius 1 is 1.19 bits per heavy atom. The highest BCUT2D eigenvalue weighted by molar-refractivity contribution is 8.02. The molecule has 1 atom stereocenters. The first kappa shape index (κ1) is 20.6. The number of carbonyl (C=O) groups excluding carboxylic acids is 1. The van der Waals surface area contributed by atoms with Crippen molar-refractivity contribution in [2.45, 2.75) is 76.1 Å². The molecule has 148 valence electrons.